The van der Waals surface area contributed by atoms with Gasteiger partial charge in [-0.1, -0.05) is 0 Å². The molecule has 0 aliphatic carbocycles. The summed E-state index contributed by atoms with van der Waals surface area (Å²) < 4.78 is 0. The number of nitrogens with two attached hydrogens (primary N) is 2. The van der Waals surface area contributed by atoms with E-state index in [0.29, 0.717) is 5.82 Å². The molecule has 0 atom stereocenters. The summed E-state index contributed by atoms with van der Waals surface area (Å²) in [5, 5.41) is 0. The fourth-order valence-corrected chi connectivity index (χ4v) is 1.30. The van der Waals surface area contributed by atoms with Crippen molar-refractivity contribution in [3.63, 3.8) is 0 Å². The highest BCUT2D eigenvalue weighted by molar-refractivity contribution is 5.98. The van der Waals surface area contributed by atoms with E-state index in [1.807, 2.05) is 0 Å². The van der Waals surface area contributed by atoms with Gasteiger partial charge in [-0.2, -0.15) is 0 Å². The lowest BCUT2D eigenvalue weighted by atomic mass is 10.2. The van der Waals surface area contributed by atoms with Gasteiger partial charge in [-0.25, -0.2) is 4.98 Å². The van der Waals surface area contributed by atoms with Crippen molar-refractivity contribution >= 4 is 23.3 Å². The van der Waals surface area contributed by atoms with Gasteiger partial charge < -0.3 is 21.3 Å². The van der Waals surface area contributed by atoms with E-state index < -0.39 is 5.91 Å². The maximum absolute atomic E-state index is 11.6. The molecule has 1 aromatic heterocycles. The number of nitrogens with zero attached hydrogens (tertiary/aromatic N) is 3. The van der Waals surface area contributed by atoms with Gasteiger partial charge in [-0.05, 0) is 6.07 Å². The second kappa shape index (κ2) is 5.35. The van der Waals surface area contributed by atoms with Crippen molar-refractivity contribution in [2.75, 3.05) is 38.3 Å². The molecule has 0 saturated heterocycles. The second-order valence-corrected chi connectivity index (χ2v) is 4.14. The normalized spacial score (nSPS) is 9.94. The molecular formula is C11H17N5O2. The van der Waals surface area contributed by atoms with Gasteiger partial charge >= 0.3 is 0 Å². The van der Waals surface area contributed by atoms with Crippen LogP contribution in [-0.4, -0.2) is 49.4 Å². The number of carbonyl (C=O) groups excluding carboxylic acids is 2. The molecule has 1 aromatic rings. The van der Waals surface area contributed by atoms with Crippen LogP contribution in [0.3, 0.4) is 0 Å². The number of carbonyl (C=O) groups is 2. The van der Waals surface area contributed by atoms with Crippen molar-refractivity contribution in [1.29, 1.82) is 0 Å². The number of rotatable bonds is 4. The topological polar surface area (TPSA) is 106 Å². The average molecular weight is 251 g/mol. The van der Waals surface area contributed by atoms with Gasteiger partial charge in [0.2, 0.25) is 5.91 Å². The minimum atomic E-state index is -0.622. The zero-order chi connectivity index (χ0) is 13.9. The SMILES string of the molecule is CN(C)C(=O)CN(C)c1cc(C(N)=O)c(N)cn1. The molecule has 98 valence electrons. The Kier molecular flexibility index (Phi) is 4.09. The van der Waals surface area contributed by atoms with Crippen LogP contribution in [0.25, 0.3) is 0 Å². The Morgan fingerprint density at radius 2 is 1.94 bits per heavy atom. The number of hydrogen-bond donors (Lipinski definition) is 2. The summed E-state index contributed by atoms with van der Waals surface area (Å²) in [4.78, 5) is 29.9. The number of pyridine rings is 1. The van der Waals surface area contributed by atoms with E-state index in [1.54, 1.807) is 26.0 Å². The van der Waals surface area contributed by atoms with Crippen LogP contribution >= 0.6 is 0 Å². The van der Waals surface area contributed by atoms with Crippen molar-refractivity contribution < 1.29 is 9.59 Å². The molecule has 0 saturated carbocycles. The molecule has 0 aliphatic heterocycles. The molecule has 0 aromatic carbocycles. The number of aromatic nitrogens is 1. The fraction of sp³-hybridized carbons (Fsp3) is 0.364. The highest BCUT2D eigenvalue weighted by Gasteiger charge is 2.13. The van der Waals surface area contributed by atoms with Crippen LogP contribution in [0.5, 0.6) is 0 Å². The summed E-state index contributed by atoms with van der Waals surface area (Å²) >= 11 is 0. The number of nitrogen functional groups attached to an aromatic ring is 1. The standard InChI is InChI=1S/C11H17N5O2/c1-15(2)10(17)6-16(3)9-4-7(11(13)18)8(12)5-14-9/h4-5H,6,12H2,1-3H3,(H2,13,18). The fourth-order valence-electron chi connectivity index (χ4n) is 1.30. The van der Waals surface area contributed by atoms with Crippen molar-refractivity contribution in [3.05, 3.63) is 17.8 Å². The molecule has 2 amide bonds. The first kappa shape index (κ1) is 13.8. The van der Waals surface area contributed by atoms with Crippen LogP contribution in [0.2, 0.25) is 0 Å². The zero-order valence-corrected chi connectivity index (χ0v) is 10.7. The van der Waals surface area contributed by atoms with Crippen LogP contribution in [-0.2, 0) is 4.79 Å². The third-order valence-electron chi connectivity index (χ3n) is 2.45. The van der Waals surface area contributed by atoms with Crippen LogP contribution in [0.15, 0.2) is 12.3 Å². The first-order chi connectivity index (χ1) is 8.32. The zero-order valence-electron chi connectivity index (χ0n) is 10.7. The molecule has 1 heterocycles. The summed E-state index contributed by atoms with van der Waals surface area (Å²) in [7, 11) is 5.04. The first-order valence-corrected chi connectivity index (χ1v) is 5.29. The maximum Gasteiger partial charge on any atom is 0.250 e. The van der Waals surface area contributed by atoms with Gasteiger partial charge in [0, 0.05) is 21.1 Å². The molecule has 7 heteroatoms. The molecular weight excluding hydrogens is 234 g/mol. The van der Waals surface area contributed by atoms with E-state index in [2.05, 4.69) is 4.98 Å². The number of primary amides is 1. The number of likely N-dealkylation sites (N-methyl/N-ethyl adjacent to an activating group) is 2. The molecule has 4 N–H and O–H groups in total. The van der Waals surface area contributed by atoms with Crippen LogP contribution in [0.4, 0.5) is 11.5 Å². The largest absolute Gasteiger partial charge is 0.397 e. The lowest BCUT2D eigenvalue weighted by molar-refractivity contribution is -0.127. The van der Waals surface area contributed by atoms with E-state index in [0.717, 1.165) is 0 Å². The van der Waals surface area contributed by atoms with E-state index >= 15 is 0 Å². The molecule has 0 unspecified atom stereocenters. The second-order valence-electron chi connectivity index (χ2n) is 4.14. The maximum atomic E-state index is 11.6. The third kappa shape index (κ3) is 3.09. The Bertz CT molecular complexity index is 473. The summed E-state index contributed by atoms with van der Waals surface area (Å²) in [5.41, 5.74) is 11.2. The van der Waals surface area contributed by atoms with Crippen LogP contribution in [0, 0.1) is 0 Å². The monoisotopic (exact) mass is 251 g/mol. The van der Waals surface area contributed by atoms with Gasteiger partial charge in [-0.15, -0.1) is 0 Å². The predicted octanol–water partition coefficient (Wildman–Crippen LogP) is -0.713. The Labute approximate surface area is 105 Å². The minimum Gasteiger partial charge on any atom is -0.397 e. The predicted molar refractivity (Wildman–Crippen MR) is 69.1 cm³/mol. The summed E-state index contributed by atoms with van der Waals surface area (Å²) in [6.07, 6.45) is 1.35. The molecule has 1 rings (SSSR count). The van der Waals surface area contributed by atoms with Gasteiger partial charge in [-0.3, -0.25) is 9.59 Å². The summed E-state index contributed by atoms with van der Waals surface area (Å²) in [6, 6.07) is 1.47. The van der Waals surface area contributed by atoms with E-state index in [-0.39, 0.29) is 23.7 Å². The minimum absolute atomic E-state index is 0.0725. The number of amides is 2. The van der Waals surface area contributed by atoms with Gasteiger partial charge in [0.15, 0.2) is 0 Å². The molecule has 7 nitrogen and oxygen atoms in total. The Morgan fingerprint density at radius 3 is 2.44 bits per heavy atom. The van der Waals surface area contributed by atoms with Crippen molar-refractivity contribution in [2.24, 2.45) is 5.73 Å². The molecule has 18 heavy (non-hydrogen) atoms. The lowest BCUT2D eigenvalue weighted by Crippen LogP contribution is -2.34. The molecule has 0 spiro atoms. The van der Waals surface area contributed by atoms with Crippen molar-refractivity contribution in [1.82, 2.24) is 9.88 Å². The van der Waals surface area contributed by atoms with Crippen LogP contribution < -0.4 is 16.4 Å². The highest BCUT2D eigenvalue weighted by atomic mass is 16.2. The van der Waals surface area contributed by atoms with E-state index in [1.165, 1.54) is 17.2 Å². The number of anilines is 2. The van der Waals surface area contributed by atoms with Gasteiger partial charge in [0.25, 0.3) is 5.91 Å². The average Bonchev–Trinajstić information content (AvgIpc) is 2.28. The Morgan fingerprint density at radius 1 is 1.33 bits per heavy atom. The summed E-state index contributed by atoms with van der Waals surface area (Å²) in [6.45, 7) is 0.155. The van der Waals surface area contributed by atoms with Crippen molar-refractivity contribution in [3.8, 4) is 0 Å². The number of hydrogen-bond acceptors (Lipinski definition) is 5. The molecule has 0 radical (unpaired) electrons. The first-order valence-electron chi connectivity index (χ1n) is 5.29. The van der Waals surface area contributed by atoms with E-state index in [4.69, 9.17) is 11.5 Å². The quantitative estimate of drug-likeness (QED) is 0.735. The highest BCUT2D eigenvalue weighted by Crippen LogP contribution is 2.16. The van der Waals surface area contributed by atoms with Crippen molar-refractivity contribution in [2.45, 2.75) is 0 Å². The lowest BCUT2D eigenvalue weighted by Gasteiger charge is -2.20. The molecule has 0 fully saturated rings. The Balaban J connectivity index is 2.93. The smallest absolute Gasteiger partial charge is 0.250 e. The molecule has 0 aliphatic rings. The third-order valence-corrected chi connectivity index (χ3v) is 2.45. The molecule has 0 bridgehead atoms. The van der Waals surface area contributed by atoms with Gasteiger partial charge in [0.05, 0.1) is 24.0 Å². The van der Waals surface area contributed by atoms with E-state index in [9.17, 15) is 9.59 Å². The summed E-state index contributed by atoms with van der Waals surface area (Å²) in [5.74, 6) is -0.228. The van der Waals surface area contributed by atoms with Gasteiger partial charge in [0.1, 0.15) is 5.82 Å². The Hall–Kier alpha value is -2.31. The van der Waals surface area contributed by atoms with Crippen LogP contribution in [0.1, 0.15) is 10.4 Å².